The molecule has 6 nitrogen and oxygen atoms in total. The molecule has 0 saturated heterocycles. The van der Waals surface area contributed by atoms with E-state index in [0.29, 0.717) is 11.7 Å². The van der Waals surface area contributed by atoms with Gasteiger partial charge in [0.2, 0.25) is 0 Å². The van der Waals surface area contributed by atoms with Crippen LogP contribution in [0.5, 0.6) is 0 Å². The van der Waals surface area contributed by atoms with Gasteiger partial charge in [0.25, 0.3) is 11.5 Å². The molecule has 0 spiro atoms. The van der Waals surface area contributed by atoms with Crippen molar-refractivity contribution in [3.63, 3.8) is 0 Å². The van der Waals surface area contributed by atoms with Gasteiger partial charge in [0.05, 0.1) is 10.2 Å². The highest BCUT2D eigenvalue weighted by molar-refractivity contribution is 7.22. The Hall–Kier alpha value is -2.54. The van der Waals surface area contributed by atoms with Crippen molar-refractivity contribution in [2.75, 3.05) is 5.32 Å². The van der Waals surface area contributed by atoms with E-state index in [4.69, 9.17) is 0 Å². The second kappa shape index (κ2) is 7.14. The highest BCUT2D eigenvalue weighted by Gasteiger charge is 2.13. The third-order valence-corrected chi connectivity index (χ3v) is 4.79. The van der Waals surface area contributed by atoms with Gasteiger partial charge in [-0.1, -0.05) is 30.7 Å². The summed E-state index contributed by atoms with van der Waals surface area (Å²) in [4.78, 5) is 28.8. The predicted molar refractivity (Wildman–Crippen MR) is 100 cm³/mol. The quantitative estimate of drug-likeness (QED) is 0.759. The van der Waals surface area contributed by atoms with Gasteiger partial charge in [0, 0.05) is 12.6 Å². The van der Waals surface area contributed by atoms with Gasteiger partial charge in [-0.05, 0) is 43.5 Å². The number of carbonyl (C=O) groups is 1. The molecule has 0 saturated carbocycles. The number of rotatable bonds is 5. The van der Waals surface area contributed by atoms with Crippen LogP contribution in [0.15, 0.2) is 29.1 Å². The highest BCUT2D eigenvalue weighted by atomic mass is 32.1. The van der Waals surface area contributed by atoms with Crippen LogP contribution in [0.1, 0.15) is 41.4 Å². The molecule has 0 atom stereocenters. The van der Waals surface area contributed by atoms with Crippen molar-refractivity contribution in [1.29, 1.82) is 0 Å². The van der Waals surface area contributed by atoms with Gasteiger partial charge in [0.15, 0.2) is 5.13 Å². The Morgan fingerprint density at radius 3 is 2.84 bits per heavy atom. The average molecular weight is 356 g/mol. The SMILES string of the molecule is CCCCn1nc(C(=O)Nc2nc3c(C)cc(C)cc3s2)ccc1=O. The number of unbranched alkanes of at least 4 members (excludes halogenated alkanes) is 1. The van der Waals surface area contributed by atoms with Crippen LogP contribution < -0.4 is 10.9 Å². The second-order valence-corrected chi connectivity index (χ2v) is 7.07. The molecule has 0 fully saturated rings. The van der Waals surface area contributed by atoms with Gasteiger partial charge in [-0.3, -0.25) is 14.9 Å². The number of anilines is 1. The smallest absolute Gasteiger partial charge is 0.277 e. The molecule has 3 rings (SSSR count). The number of amides is 1. The predicted octanol–water partition coefficient (Wildman–Crippen LogP) is 3.52. The van der Waals surface area contributed by atoms with Crippen molar-refractivity contribution in [3.8, 4) is 0 Å². The highest BCUT2D eigenvalue weighted by Crippen LogP contribution is 2.29. The maximum absolute atomic E-state index is 12.5. The van der Waals surface area contributed by atoms with E-state index in [0.717, 1.165) is 34.2 Å². The van der Waals surface area contributed by atoms with E-state index in [1.54, 1.807) is 0 Å². The molecule has 1 N–H and O–H groups in total. The summed E-state index contributed by atoms with van der Waals surface area (Å²) >= 11 is 1.43. The zero-order valence-electron chi connectivity index (χ0n) is 14.5. The maximum atomic E-state index is 12.5. The monoisotopic (exact) mass is 356 g/mol. The number of benzene rings is 1. The van der Waals surface area contributed by atoms with Crippen molar-refractivity contribution < 1.29 is 4.79 Å². The standard InChI is InChI=1S/C18H20N4O2S/c1-4-5-8-22-15(23)7-6-13(21-22)17(24)20-18-19-16-12(3)9-11(2)10-14(16)25-18/h6-7,9-10H,4-5,8H2,1-3H3,(H,19,20,24). The first-order valence-corrected chi connectivity index (χ1v) is 9.07. The lowest BCUT2D eigenvalue weighted by atomic mass is 10.1. The van der Waals surface area contributed by atoms with Crippen LogP contribution in [-0.4, -0.2) is 20.7 Å². The van der Waals surface area contributed by atoms with E-state index < -0.39 is 0 Å². The van der Waals surface area contributed by atoms with Crippen LogP contribution in [0.3, 0.4) is 0 Å². The fourth-order valence-electron chi connectivity index (χ4n) is 2.62. The fourth-order valence-corrected chi connectivity index (χ4v) is 3.66. The van der Waals surface area contributed by atoms with E-state index in [-0.39, 0.29) is 17.2 Å². The Balaban J connectivity index is 1.85. The molecule has 7 heteroatoms. The lowest BCUT2D eigenvalue weighted by Gasteiger charge is -2.05. The van der Waals surface area contributed by atoms with Crippen molar-refractivity contribution in [2.45, 2.75) is 40.2 Å². The molecular formula is C18H20N4O2S. The van der Waals surface area contributed by atoms with E-state index in [2.05, 4.69) is 27.5 Å². The first kappa shape index (κ1) is 17.3. The van der Waals surface area contributed by atoms with E-state index >= 15 is 0 Å². The summed E-state index contributed by atoms with van der Waals surface area (Å²) in [6.07, 6.45) is 1.80. The van der Waals surface area contributed by atoms with Crippen molar-refractivity contribution >= 4 is 32.6 Å². The Kier molecular flexibility index (Phi) is 4.94. The van der Waals surface area contributed by atoms with Crippen LogP contribution >= 0.6 is 11.3 Å². The molecule has 0 aliphatic carbocycles. The first-order chi connectivity index (χ1) is 12.0. The Labute approximate surface area is 149 Å². The second-order valence-electron chi connectivity index (χ2n) is 6.04. The molecule has 0 aliphatic rings. The van der Waals surface area contributed by atoms with Gasteiger partial charge in [-0.25, -0.2) is 9.67 Å². The molecule has 0 unspecified atom stereocenters. The summed E-state index contributed by atoms with van der Waals surface area (Å²) in [6.45, 7) is 6.59. The summed E-state index contributed by atoms with van der Waals surface area (Å²) in [5, 5.41) is 7.48. The Morgan fingerprint density at radius 2 is 2.08 bits per heavy atom. The minimum atomic E-state index is -0.362. The summed E-state index contributed by atoms with van der Waals surface area (Å²) in [5.74, 6) is -0.362. The van der Waals surface area contributed by atoms with Crippen molar-refractivity contribution in [2.24, 2.45) is 0 Å². The molecule has 25 heavy (non-hydrogen) atoms. The number of thiazole rings is 1. The topological polar surface area (TPSA) is 76.9 Å². The lowest BCUT2D eigenvalue weighted by molar-refractivity contribution is 0.101. The van der Waals surface area contributed by atoms with Crippen LogP contribution in [-0.2, 0) is 6.54 Å². The molecular weight excluding hydrogens is 336 g/mol. The molecule has 2 heterocycles. The molecule has 1 amide bonds. The summed E-state index contributed by atoms with van der Waals surface area (Å²) in [7, 11) is 0. The molecule has 1 aromatic carbocycles. The van der Waals surface area contributed by atoms with Crippen LogP contribution in [0.4, 0.5) is 5.13 Å². The molecule has 0 bridgehead atoms. The van der Waals surface area contributed by atoms with Crippen LogP contribution in [0.2, 0.25) is 0 Å². The molecule has 2 aromatic heterocycles. The maximum Gasteiger partial charge on any atom is 0.277 e. The summed E-state index contributed by atoms with van der Waals surface area (Å²) in [6, 6.07) is 6.95. The first-order valence-electron chi connectivity index (χ1n) is 8.25. The summed E-state index contributed by atoms with van der Waals surface area (Å²) < 4.78 is 2.37. The Morgan fingerprint density at radius 1 is 1.28 bits per heavy atom. The number of hydrogen-bond donors (Lipinski definition) is 1. The van der Waals surface area contributed by atoms with Crippen molar-refractivity contribution in [1.82, 2.24) is 14.8 Å². The number of aryl methyl sites for hydroxylation is 3. The number of fused-ring (bicyclic) bond motifs is 1. The van der Waals surface area contributed by atoms with Gasteiger partial charge in [-0.2, -0.15) is 5.10 Å². The number of carbonyl (C=O) groups excluding carboxylic acids is 1. The minimum Gasteiger partial charge on any atom is -0.296 e. The number of hydrogen-bond acceptors (Lipinski definition) is 5. The van der Waals surface area contributed by atoms with Crippen LogP contribution in [0.25, 0.3) is 10.2 Å². The van der Waals surface area contributed by atoms with Gasteiger partial charge in [0.1, 0.15) is 5.69 Å². The van der Waals surface area contributed by atoms with Crippen LogP contribution in [0, 0.1) is 13.8 Å². The molecule has 0 aliphatic heterocycles. The zero-order valence-corrected chi connectivity index (χ0v) is 15.3. The molecule has 130 valence electrons. The zero-order chi connectivity index (χ0) is 18.0. The van der Waals surface area contributed by atoms with Gasteiger partial charge in [-0.15, -0.1) is 0 Å². The average Bonchev–Trinajstić information content (AvgIpc) is 2.96. The third kappa shape index (κ3) is 3.76. The number of nitrogens with zero attached hydrogens (tertiary/aromatic N) is 3. The number of nitrogens with one attached hydrogen (secondary N) is 1. The molecule has 3 aromatic rings. The van der Waals surface area contributed by atoms with E-state index in [9.17, 15) is 9.59 Å². The minimum absolute atomic E-state index is 0.198. The largest absolute Gasteiger partial charge is 0.296 e. The van der Waals surface area contributed by atoms with Crippen molar-refractivity contribution in [3.05, 3.63) is 51.4 Å². The van der Waals surface area contributed by atoms with Gasteiger partial charge < -0.3 is 0 Å². The van der Waals surface area contributed by atoms with Gasteiger partial charge >= 0.3 is 0 Å². The summed E-state index contributed by atoms with van der Waals surface area (Å²) in [5.41, 5.74) is 3.15. The number of aromatic nitrogens is 3. The third-order valence-electron chi connectivity index (χ3n) is 3.87. The lowest BCUT2D eigenvalue weighted by Crippen LogP contribution is -2.26. The molecule has 0 radical (unpaired) electrons. The fraction of sp³-hybridized carbons (Fsp3) is 0.333. The van der Waals surface area contributed by atoms with E-state index in [1.807, 2.05) is 20.8 Å². The Bertz CT molecular complexity index is 990. The van der Waals surface area contributed by atoms with E-state index in [1.165, 1.54) is 28.2 Å². The normalized spacial score (nSPS) is 11.0.